The molecule has 7 heteroatoms. The largest absolute Gasteiger partial charge is 0.468 e. The van der Waals surface area contributed by atoms with Crippen molar-refractivity contribution in [2.24, 2.45) is 0 Å². The van der Waals surface area contributed by atoms with E-state index in [1.807, 2.05) is 0 Å². The highest BCUT2D eigenvalue weighted by Crippen LogP contribution is 2.16. The van der Waals surface area contributed by atoms with E-state index in [9.17, 15) is 18.4 Å². The Morgan fingerprint density at radius 3 is 2.63 bits per heavy atom. The number of ether oxygens (including phenoxy) is 1. The van der Waals surface area contributed by atoms with Crippen molar-refractivity contribution in [3.8, 4) is 0 Å². The average molecular weight is 292 g/mol. The van der Waals surface area contributed by atoms with Crippen LogP contribution in [0.4, 0.5) is 8.78 Å². The van der Waals surface area contributed by atoms with Gasteiger partial charge in [-0.3, -0.25) is 9.59 Å². The summed E-state index contributed by atoms with van der Waals surface area (Å²) in [5.41, 5.74) is -0.560. The minimum atomic E-state index is -1.12. The van der Waals surface area contributed by atoms with E-state index < -0.39 is 34.5 Å². The maximum absolute atomic E-state index is 13.6. The van der Waals surface area contributed by atoms with E-state index in [1.165, 1.54) is 13.0 Å². The van der Waals surface area contributed by atoms with Crippen LogP contribution in [0.5, 0.6) is 0 Å². The first-order chi connectivity index (χ1) is 8.88. The number of halogens is 3. The lowest BCUT2D eigenvalue weighted by molar-refractivity contribution is -0.140. The Labute approximate surface area is 113 Å². The van der Waals surface area contributed by atoms with E-state index in [4.69, 9.17) is 11.6 Å². The Morgan fingerprint density at radius 1 is 1.42 bits per heavy atom. The second-order valence-corrected chi connectivity index (χ2v) is 4.28. The van der Waals surface area contributed by atoms with E-state index in [-0.39, 0.29) is 12.1 Å². The summed E-state index contributed by atoms with van der Waals surface area (Å²) >= 11 is 5.60. The van der Waals surface area contributed by atoms with Crippen LogP contribution < -0.4 is 5.32 Å². The normalized spacial score (nSPS) is 11.8. The number of amides is 1. The molecule has 1 unspecified atom stereocenters. The van der Waals surface area contributed by atoms with Gasteiger partial charge >= 0.3 is 5.97 Å². The quantitative estimate of drug-likeness (QED) is 0.680. The van der Waals surface area contributed by atoms with Crippen LogP contribution in [0.1, 0.15) is 15.9 Å². The Kier molecular flexibility index (Phi) is 5.23. The minimum Gasteiger partial charge on any atom is -0.468 e. The highest BCUT2D eigenvalue weighted by Gasteiger charge is 2.21. The number of hydrogen-bond donors (Lipinski definition) is 1. The van der Waals surface area contributed by atoms with Gasteiger partial charge in [-0.25, -0.2) is 8.78 Å². The molecule has 0 heterocycles. The van der Waals surface area contributed by atoms with Gasteiger partial charge in [0.05, 0.1) is 7.11 Å². The zero-order valence-electron chi connectivity index (χ0n) is 10.3. The minimum absolute atomic E-state index is 0.141. The van der Waals surface area contributed by atoms with Crippen LogP contribution in [-0.4, -0.2) is 30.9 Å². The Hall–Kier alpha value is -1.69. The topological polar surface area (TPSA) is 55.4 Å². The third kappa shape index (κ3) is 3.64. The maximum Gasteiger partial charge on any atom is 0.325 e. The number of carbonyl (C=O) groups is 2. The molecule has 0 aliphatic rings. The lowest BCUT2D eigenvalue weighted by Crippen LogP contribution is -2.35. The van der Waals surface area contributed by atoms with Crippen LogP contribution in [0.25, 0.3) is 0 Å². The standard InChI is InChI=1S/C12H12ClF2NO3/c1-6-3-4-8(14)9(10(6)15)11(17)16-5-7(13)12(18)19-2/h3-4,7H,5H2,1-2H3,(H,16,17). The number of rotatable bonds is 4. The first-order valence-corrected chi connectivity index (χ1v) is 5.76. The summed E-state index contributed by atoms with van der Waals surface area (Å²) < 4.78 is 31.4. The number of hydrogen-bond acceptors (Lipinski definition) is 3. The van der Waals surface area contributed by atoms with Crippen LogP contribution in [-0.2, 0) is 9.53 Å². The van der Waals surface area contributed by atoms with Crippen molar-refractivity contribution in [1.29, 1.82) is 0 Å². The van der Waals surface area contributed by atoms with Crippen molar-refractivity contribution < 1.29 is 23.1 Å². The lowest BCUT2D eigenvalue weighted by Gasteiger charge is -2.10. The first-order valence-electron chi connectivity index (χ1n) is 5.33. The number of aryl methyl sites for hydroxylation is 1. The molecule has 0 fully saturated rings. The van der Waals surface area contributed by atoms with Crippen LogP contribution in [0.15, 0.2) is 12.1 Å². The molecule has 104 valence electrons. The Bertz CT molecular complexity index is 508. The highest BCUT2D eigenvalue weighted by atomic mass is 35.5. The van der Waals surface area contributed by atoms with Crippen LogP contribution in [0, 0.1) is 18.6 Å². The molecule has 1 atom stereocenters. The molecule has 1 N–H and O–H groups in total. The SMILES string of the molecule is COC(=O)C(Cl)CNC(=O)c1c(F)ccc(C)c1F. The van der Waals surface area contributed by atoms with Crippen molar-refractivity contribution in [3.05, 3.63) is 34.9 Å². The smallest absolute Gasteiger partial charge is 0.325 e. The van der Waals surface area contributed by atoms with Gasteiger partial charge in [-0.2, -0.15) is 0 Å². The van der Waals surface area contributed by atoms with Gasteiger partial charge < -0.3 is 10.1 Å². The molecule has 0 bridgehead atoms. The van der Waals surface area contributed by atoms with E-state index in [1.54, 1.807) is 0 Å². The van der Waals surface area contributed by atoms with Gasteiger partial charge in [0.2, 0.25) is 0 Å². The summed E-state index contributed by atoms with van der Waals surface area (Å²) in [4.78, 5) is 22.6. The molecule has 0 aromatic heterocycles. The van der Waals surface area contributed by atoms with Crippen molar-refractivity contribution in [1.82, 2.24) is 5.32 Å². The molecular formula is C12H12ClF2NO3. The molecule has 0 aliphatic carbocycles. The Balaban J connectivity index is 2.80. The molecule has 1 aromatic rings. The average Bonchev–Trinajstić information content (AvgIpc) is 2.39. The lowest BCUT2D eigenvalue weighted by atomic mass is 10.1. The third-order valence-corrected chi connectivity index (χ3v) is 2.74. The van der Waals surface area contributed by atoms with Crippen molar-refractivity contribution in [2.45, 2.75) is 12.3 Å². The Morgan fingerprint density at radius 2 is 2.05 bits per heavy atom. The van der Waals surface area contributed by atoms with Gasteiger partial charge in [-0.05, 0) is 18.6 Å². The molecule has 1 aromatic carbocycles. The number of methoxy groups -OCH3 is 1. The zero-order valence-corrected chi connectivity index (χ0v) is 11.1. The number of esters is 1. The van der Waals surface area contributed by atoms with Gasteiger partial charge in [0, 0.05) is 6.54 Å². The van der Waals surface area contributed by atoms with E-state index >= 15 is 0 Å². The number of carbonyl (C=O) groups excluding carboxylic acids is 2. The van der Waals surface area contributed by atoms with Crippen LogP contribution in [0.3, 0.4) is 0 Å². The number of benzene rings is 1. The molecule has 0 saturated carbocycles. The molecule has 19 heavy (non-hydrogen) atoms. The maximum atomic E-state index is 13.6. The van der Waals surface area contributed by atoms with E-state index in [0.29, 0.717) is 0 Å². The zero-order chi connectivity index (χ0) is 14.6. The molecular weight excluding hydrogens is 280 g/mol. The fourth-order valence-electron chi connectivity index (χ4n) is 1.35. The van der Waals surface area contributed by atoms with Gasteiger partial charge in [-0.15, -0.1) is 11.6 Å². The summed E-state index contributed by atoms with van der Waals surface area (Å²) in [6, 6.07) is 2.21. The molecule has 1 amide bonds. The highest BCUT2D eigenvalue weighted by molar-refractivity contribution is 6.30. The van der Waals surface area contributed by atoms with E-state index in [2.05, 4.69) is 10.1 Å². The molecule has 4 nitrogen and oxygen atoms in total. The summed E-state index contributed by atoms with van der Waals surface area (Å²) in [6.07, 6.45) is 0. The van der Waals surface area contributed by atoms with Crippen molar-refractivity contribution in [3.63, 3.8) is 0 Å². The van der Waals surface area contributed by atoms with Crippen molar-refractivity contribution in [2.75, 3.05) is 13.7 Å². The van der Waals surface area contributed by atoms with Gasteiger partial charge in [0.15, 0.2) is 0 Å². The summed E-state index contributed by atoms with van der Waals surface area (Å²) in [6.45, 7) is 1.12. The van der Waals surface area contributed by atoms with Gasteiger partial charge in [0.25, 0.3) is 5.91 Å². The molecule has 0 aliphatic heterocycles. The second kappa shape index (κ2) is 6.47. The predicted octanol–water partition coefficient (Wildman–Crippen LogP) is 1.78. The number of nitrogens with one attached hydrogen (secondary N) is 1. The van der Waals surface area contributed by atoms with Crippen molar-refractivity contribution >= 4 is 23.5 Å². The molecule has 0 saturated heterocycles. The molecule has 1 rings (SSSR count). The molecule has 0 radical (unpaired) electrons. The summed E-state index contributed by atoms with van der Waals surface area (Å²) in [5, 5.41) is 1.05. The summed E-state index contributed by atoms with van der Waals surface area (Å²) in [7, 11) is 1.14. The van der Waals surface area contributed by atoms with Crippen LogP contribution in [0.2, 0.25) is 0 Å². The van der Waals surface area contributed by atoms with Gasteiger partial charge in [0.1, 0.15) is 22.6 Å². The van der Waals surface area contributed by atoms with E-state index in [0.717, 1.165) is 13.2 Å². The first kappa shape index (κ1) is 15.4. The monoisotopic (exact) mass is 291 g/mol. The second-order valence-electron chi connectivity index (χ2n) is 3.75. The third-order valence-electron chi connectivity index (χ3n) is 2.41. The number of alkyl halides is 1. The fourth-order valence-corrected chi connectivity index (χ4v) is 1.51. The predicted molar refractivity (Wildman–Crippen MR) is 65.1 cm³/mol. The fraction of sp³-hybridized carbons (Fsp3) is 0.333. The summed E-state index contributed by atoms with van der Waals surface area (Å²) in [5.74, 6) is -3.65. The van der Waals surface area contributed by atoms with Gasteiger partial charge in [-0.1, -0.05) is 6.07 Å². The molecule has 0 spiro atoms. The van der Waals surface area contributed by atoms with Crippen LogP contribution >= 0.6 is 11.6 Å².